The fraction of sp³-hybridized carbons (Fsp3) is 0.571. The lowest BCUT2D eigenvalue weighted by atomic mass is 9.89. The molecule has 0 radical (unpaired) electrons. The summed E-state index contributed by atoms with van der Waals surface area (Å²) in [5.41, 5.74) is 2.59. The van der Waals surface area contributed by atoms with Crippen LogP contribution in [0.2, 0.25) is 0 Å². The lowest BCUT2D eigenvalue weighted by molar-refractivity contribution is 0.170. The molecule has 0 bridgehead atoms. The Morgan fingerprint density at radius 2 is 2.06 bits per heavy atom. The first-order chi connectivity index (χ1) is 8.19. The molecule has 3 nitrogen and oxygen atoms in total. The minimum Gasteiger partial charge on any atom is -0.486 e. The summed E-state index contributed by atoms with van der Waals surface area (Å²) in [6, 6.07) is 4.37. The fourth-order valence-corrected chi connectivity index (χ4v) is 2.79. The summed E-state index contributed by atoms with van der Waals surface area (Å²) in [6.45, 7) is 6.77. The van der Waals surface area contributed by atoms with Gasteiger partial charge in [-0.2, -0.15) is 0 Å². The predicted molar refractivity (Wildman–Crippen MR) is 66.8 cm³/mol. The summed E-state index contributed by atoms with van der Waals surface area (Å²) in [5.74, 6) is 1.82. The molecule has 1 unspecified atom stereocenters. The Morgan fingerprint density at radius 1 is 1.24 bits per heavy atom. The Labute approximate surface area is 102 Å². The first-order valence-electron chi connectivity index (χ1n) is 6.35. The quantitative estimate of drug-likeness (QED) is 0.807. The van der Waals surface area contributed by atoms with Crippen LogP contribution in [0.25, 0.3) is 0 Å². The largest absolute Gasteiger partial charge is 0.486 e. The van der Waals surface area contributed by atoms with Crippen molar-refractivity contribution in [2.75, 3.05) is 19.8 Å². The van der Waals surface area contributed by atoms with Gasteiger partial charge in [0, 0.05) is 5.54 Å². The molecule has 2 aliphatic rings. The van der Waals surface area contributed by atoms with Crippen molar-refractivity contribution in [2.45, 2.75) is 32.2 Å². The lowest BCUT2D eigenvalue weighted by Gasteiger charge is -2.28. The number of benzene rings is 1. The topological polar surface area (TPSA) is 30.5 Å². The molecular formula is C14H19NO2. The Hall–Kier alpha value is -1.22. The molecule has 2 aliphatic heterocycles. The first-order valence-corrected chi connectivity index (χ1v) is 6.35. The number of fused-ring (bicyclic) bond motifs is 1. The summed E-state index contributed by atoms with van der Waals surface area (Å²) in [4.78, 5) is 0. The summed E-state index contributed by atoms with van der Waals surface area (Å²) >= 11 is 0. The first kappa shape index (κ1) is 10.9. The molecule has 1 saturated heterocycles. The Balaban J connectivity index is 2.04. The van der Waals surface area contributed by atoms with E-state index in [0.717, 1.165) is 18.0 Å². The SMILES string of the molecule is Cc1cc(C2(C)CCCN2)cc2c1OCCO2. The van der Waals surface area contributed by atoms with Crippen LogP contribution >= 0.6 is 0 Å². The molecule has 0 spiro atoms. The Bertz CT molecular complexity index is 436. The molecule has 2 heterocycles. The molecule has 1 atom stereocenters. The van der Waals surface area contributed by atoms with Crippen molar-refractivity contribution in [3.63, 3.8) is 0 Å². The highest BCUT2D eigenvalue weighted by Gasteiger charge is 2.31. The Morgan fingerprint density at radius 3 is 2.82 bits per heavy atom. The van der Waals surface area contributed by atoms with E-state index in [1.807, 2.05) is 0 Å². The predicted octanol–water partition coefficient (Wildman–Crippen LogP) is 2.36. The minimum atomic E-state index is 0.0978. The number of aryl methyl sites for hydroxylation is 1. The van der Waals surface area contributed by atoms with Crippen LogP contribution in [0.5, 0.6) is 11.5 Å². The van der Waals surface area contributed by atoms with Crippen molar-refractivity contribution in [3.05, 3.63) is 23.3 Å². The van der Waals surface area contributed by atoms with Crippen molar-refractivity contribution in [2.24, 2.45) is 0 Å². The van der Waals surface area contributed by atoms with Gasteiger partial charge in [-0.25, -0.2) is 0 Å². The van der Waals surface area contributed by atoms with Gasteiger partial charge in [-0.3, -0.25) is 0 Å². The third-order valence-electron chi connectivity index (χ3n) is 3.83. The van der Waals surface area contributed by atoms with Crippen molar-refractivity contribution >= 4 is 0 Å². The molecule has 0 aliphatic carbocycles. The maximum absolute atomic E-state index is 5.70. The van der Waals surface area contributed by atoms with Crippen LogP contribution in [0.3, 0.4) is 0 Å². The van der Waals surface area contributed by atoms with Crippen LogP contribution in [0.1, 0.15) is 30.9 Å². The van der Waals surface area contributed by atoms with Gasteiger partial charge in [0.25, 0.3) is 0 Å². The summed E-state index contributed by atoms with van der Waals surface area (Å²) in [5, 5.41) is 3.59. The third-order valence-corrected chi connectivity index (χ3v) is 3.83. The fourth-order valence-electron chi connectivity index (χ4n) is 2.79. The molecule has 0 aromatic heterocycles. The second-order valence-electron chi connectivity index (χ2n) is 5.18. The number of ether oxygens (including phenoxy) is 2. The van der Waals surface area contributed by atoms with Gasteiger partial charge in [0.2, 0.25) is 0 Å². The summed E-state index contributed by atoms with van der Waals surface area (Å²) in [6.07, 6.45) is 2.43. The second-order valence-corrected chi connectivity index (χ2v) is 5.18. The van der Waals surface area contributed by atoms with Crippen LogP contribution in [-0.4, -0.2) is 19.8 Å². The number of hydrogen-bond acceptors (Lipinski definition) is 3. The normalized spacial score (nSPS) is 27.2. The number of hydrogen-bond donors (Lipinski definition) is 1. The zero-order chi connectivity index (χ0) is 11.9. The molecule has 0 amide bonds. The van der Waals surface area contributed by atoms with Crippen LogP contribution < -0.4 is 14.8 Å². The van der Waals surface area contributed by atoms with Crippen molar-refractivity contribution < 1.29 is 9.47 Å². The third kappa shape index (κ3) is 1.78. The van der Waals surface area contributed by atoms with Crippen molar-refractivity contribution in [1.29, 1.82) is 0 Å². The molecule has 1 aromatic rings. The van der Waals surface area contributed by atoms with Crippen LogP contribution in [0.4, 0.5) is 0 Å². The van der Waals surface area contributed by atoms with E-state index in [4.69, 9.17) is 9.47 Å². The minimum absolute atomic E-state index is 0.0978. The summed E-state index contributed by atoms with van der Waals surface area (Å²) < 4.78 is 11.4. The van der Waals surface area contributed by atoms with Gasteiger partial charge >= 0.3 is 0 Å². The van der Waals surface area contributed by atoms with E-state index in [1.54, 1.807) is 0 Å². The summed E-state index contributed by atoms with van der Waals surface area (Å²) in [7, 11) is 0. The van der Waals surface area contributed by atoms with Crippen LogP contribution in [-0.2, 0) is 5.54 Å². The zero-order valence-corrected chi connectivity index (χ0v) is 10.5. The van der Waals surface area contributed by atoms with Gasteiger partial charge < -0.3 is 14.8 Å². The maximum atomic E-state index is 5.70. The molecule has 17 heavy (non-hydrogen) atoms. The van der Waals surface area contributed by atoms with Gasteiger partial charge in [-0.1, -0.05) is 6.07 Å². The molecule has 0 saturated carbocycles. The van der Waals surface area contributed by atoms with Gasteiger partial charge in [0.1, 0.15) is 13.2 Å². The number of nitrogens with one attached hydrogen (secondary N) is 1. The highest BCUT2D eigenvalue weighted by molar-refractivity contribution is 5.51. The Kier molecular flexibility index (Phi) is 2.51. The molecule has 1 N–H and O–H groups in total. The van der Waals surface area contributed by atoms with Gasteiger partial charge in [-0.05, 0) is 50.4 Å². The van der Waals surface area contributed by atoms with Crippen molar-refractivity contribution in [3.8, 4) is 11.5 Å². The monoisotopic (exact) mass is 233 g/mol. The van der Waals surface area contributed by atoms with E-state index in [1.165, 1.54) is 24.0 Å². The molecule has 1 aromatic carbocycles. The van der Waals surface area contributed by atoms with E-state index >= 15 is 0 Å². The average Bonchev–Trinajstić information content (AvgIpc) is 2.78. The second kappa shape index (κ2) is 3.91. The van der Waals surface area contributed by atoms with E-state index in [0.29, 0.717) is 13.2 Å². The van der Waals surface area contributed by atoms with E-state index < -0.39 is 0 Å². The van der Waals surface area contributed by atoms with Gasteiger partial charge in [-0.15, -0.1) is 0 Å². The molecule has 3 rings (SSSR count). The maximum Gasteiger partial charge on any atom is 0.164 e. The van der Waals surface area contributed by atoms with Crippen LogP contribution in [0, 0.1) is 6.92 Å². The van der Waals surface area contributed by atoms with E-state index in [9.17, 15) is 0 Å². The van der Waals surface area contributed by atoms with Crippen LogP contribution in [0.15, 0.2) is 12.1 Å². The molecule has 92 valence electrons. The highest BCUT2D eigenvalue weighted by Crippen LogP contribution is 2.39. The standard InChI is InChI=1S/C14H19NO2/c1-10-8-11(14(2)4-3-5-15-14)9-12-13(10)17-7-6-16-12/h8-9,15H,3-7H2,1-2H3. The highest BCUT2D eigenvalue weighted by atomic mass is 16.6. The van der Waals surface area contributed by atoms with E-state index in [-0.39, 0.29) is 5.54 Å². The van der Waals surface area contributed by atoms with E-state index in [2.05, 4.69) is 31.3 Å². The van der Waals surface area contributed by atoms with Gasteiger partial charge in [0.05, 0.1) is 0 Å². The lowest BCUT2D eigenvalue weighted by Crippen LogP contribution is -2.33. The number of rotatable bonds is 1. The molecule has 1 fully saturated rings. The average molecular weight is 233 g/mol. The zero-order valence-electron chi connectivity index (χ0n) is 10.5. The smallest absolute Gasteiger partial charge is 0.164 e. The van der Waals surface area contributed by atoms with Gasteiger partial charge in [0.15, 0.2) is 11.5 Å². The molecule has 3 heteroatoms. The molecular weight excluding hydrogens is 214 g/mol. The van der Waals surface area contributed by atoms with Crippen molar-refractivity contribution in [1.82, 2.24) is 5.32 Å².